The molecule has 1 amide bonds. The highest BCUT2D eigenvalue weighted by atomic mass is 19.1. The van der Waals surface area contributed by atoms with Crippen molar-refractivity contribution in [1.82, 2.24) is 4.90 Å². The van der Waals surface area contributed by atoms with E-state index in [1.807, 2.05) is 4.90 Å². The fourth-order valence-electron chi connectivity index (χ4n) is 2.92. The number of benzene rings is 1. The molecule has 0 aliphatic carbocycles. The summed E-state index contributed by atoms with van der Waals surface area (Å²) in [5.74, 6) is -0.464. The summed E-state index contributed by atoms with van der Waals surface area (Å²) in [6.07, 6.45) is 3.18. The molecule has 0 radical (unpaired) electrons. The Kier molecular flexibility index (Phi) is 4.08. The van der Waals surface area contributed by atoms with Crippen LogP contribution in [0.5, 0.6) is 0 Å². The zero-order valence-electron chi connectivity index (χ0n) is 11.7. The van der Waals surface area contributed by atoms with E-state index in [0.29, 0.717) is 5.56 Å². The first kappa shape index (κ1) is 13.8. The third-order valence-corrected chi connectivity index (χ3v) is 3.92. The zero-order chi connectivity index (χ0) is 14.0. The lowest BCUT2D eigenvalue weighted by Crippen LogP contribution is -2.47. The largest absolute Gasteiger partial charge is 0.385 e. The zero-order valence-corrected chi connectivity index (χ0v) is 11.7. The Morgan fingerprint density at radius 1 is 1.32 bits per heavy atom. The van der Waals surface area contributed by atoms with E-state index in [0.717, 1.165) is 19.3 Å². The lowest BCUT2D eigenvalue weighted by Gasteiger charge is -2.39. The smallest absolute Gasteiger partial charge is 0.256 e. The number of nitrogens with zero attached hydrogens (tertiary/aromatic N) is 1. The number of carbonyl (C=O) groups excluding carboxylic acids is 1. The quantitative estimate of drug-likeness (QED) is 0.889. The normalized spacial score (nSPS) is 23.3. The average molecular weight is 264 g/mol. The van der Waals surface area contributed by atoms with Crippen molar-refractivity contribution in [3.8, 4) is 0 Å². The molecule has 1 heterocycles. The number of likely N-dealkylation sites (tertiary alicyclic amines) is 1. The van der Waals surface area contributed by atoms with E-state index >= 15 is 0 Å². The second-order valence-corrected chi connectivity index (χ2v) is 5.25. The number of amides is 1. The summed E-state index contributed by atoms with van der Waals surface area (Å²) < 4.78 is 13.7. The average Bonchev–Trinajstić information content (AvgIpc) is 2.38. The van der Waals surface area contributed by atoms with Crippen LogP contribution in [-0.4, -0.2) is 29.9 Å². The molecule has 2 rings (SSSR count). The molecule has 1 aromatic carbocycles. The van der Waals surface area contributed by atoms with Crippen molar-refractivity contribution in [3.63, 3.8) is 0 Å². The highest BCUT2D eigenvalue weighted by Crippen LogP contribution is 2.28. The minimum Gasteiger partial charge on any atom is -0.385 e. The Labute approximate surface area is 113 Å². The summed E-state index contributed by atoms with van der Waals surface area (Å²) in [5, 5.41) is 2.79. The fourth-order valence-corrected chi connectivity index (χ4v) is 2.92. The molecule has 104 valence electrons. The summed E-state index contributed by atoms with van der Waals surface area (Å²) in [4.78, 5) is 14.6. The Hall–Kier alpha value is -1.58. The van der Waals surface area contributed by atoms with E-state index in [1.165, 1.54) is 6.07 Å². The summed E-state index contributed by atoms with van der Waals surface area (Å²) in [6.45, 7) is 4.12. The number of hydrogen-bond donors (Lipinski definition) is 1. The van der Waals surface area contributed by atoms with Gasteiger partial charge < -0.3 is 10.2 Å². The highest BCUT2D eigenvalue weighted by molar-refractivity contribution is 6.00. The monoisotopic (exact) mass is 264 g/mol. The maximum Gasteiger partial charge on any atom is 0.256 e. The van der Waals surface area contributed by atoms with Crippen molar-refractivity contribution in [2.45, 2.75) is 45.2 Å². The van der Waals surface area contributed by atoms with Gasteiger partial charge in [0.05, 0.1) is 11.3 Å². The van der Waals surface area contributed by atoms with Gasteiger partial charge in [-0.05, 0) is 45.2 Å². The molecule has 0 bridgehead atoms. The molecule has 1 aromatic rings. The van der Waals surface area contributed by atoms with Crippen LogP contribution in [-0.2, 0) is 0 Å². The van der Waals surface area contributed by atoms with Gasteiger partial charge in [0.15, 0.2) is 0 Å². The van der Waals surface area contributed by atoms with E-state index in [9.17, 15) is 9.18 Å². The Balaban J connectivity index is 2.36. The number of carbonyl (C=O) groups is 1. The van der Waals surface area contributed by atoms with Crippen LogP contribution in [0.4, 0.5) is 10.1 Å². The minimum absolute atomic E-state index is 0.0800. The van der Waals surface area contributed by atoms with Gasteiger partial charge in [0.25, 0.3) is 5.91 Å². The summed E-state index contributed by atoms with van der Waals surface area (Å²) >= 11 is 0. The van der Waals surface area contributed by atoms with E-state index in [1.54, 1.807) is 19.2 Å². The predicted molar refractivity (Wildman–Crippen MR) is 74.9 cm³/mol. The van der Waals surface area contributed by atoms with Crippen LogP contribution in [0.1, 0.15) is 43.5 Å². The maximum absolute atomic E-state index is 13.7. The number of hydrogen-bond acceptors (Lipinski definition) is 2. The van der Waals surface area contributed by atoms with Crippen molar-refractivity contribution in [2.75, 3.05) is 12.4 Å². The van der Waals surface area contributed by atoms with Crippen LogP contribution < -0.4 is 5.32 Å². The maximum atomic E-state index is 13.7. The molecule has 0 spiro atoms. The van der Waals surface area contributed by atoms with Gasteiger partial charge in [-0.15, -0.1) is 0 Å². The number of rotatable bonds is 2. The third kappa shape index (κ3) is 2.57. The molecule has 2 atom stereocenters. The topological polar surface area (TPSA) is 32.3 Å². The molecule has 19 heavy (non-hydrogen) atoms. The van der Waals surface area contributed by atoms with Crippen molar-refractivity contribution < 1.29 is 9.18 Å². The minimum atomic E-state index is -0.384. The van der Waals surface area contributed by atoms with Gasteiger partial charge >= 0.3 is 0 Å². The molecule has 1 N–H and O–H groups in total. The Morgan fingerprint density at radius 2 is 1.95 bits per heavy atom. The summed E-state index contributed by atoms with van der Waals surface area (Å²) in [6, 6.07) is 5.06. The second-order valence-electron chi connectivity index (χ2n) is 5.25. The van der Waals surface area contributed by atoms with Gasteiger partial charge in [-0.1, -0.05) is 6.07 Å². The molecule has 1 fully saturated rings. The molecule has 0 saturated carbocycles. The van der Waals surface area contributed by atoms with Gasteiger partial charge in [-0.2, -0.15) is 0 Å². The van der Waals surface area contributed by atoms with Crippen LogP contribution in [0.2, 0.25) is 0 Å². The summed E-state index contributed by atoms with van der Waals surface area (Å²) in [7, 11) is 1.64. The van der Waals surface area contributed by atoms with E-state index < -0.39 is 0 Å². The van der Waals surface area contributed by atoms with Crippen LogP contribution in [0, 0.1) is 5.82 Å². The van der Waals surface area contributed by atoms with Gasteiger partial charge in [0, 0.05) is 19.1 Å². The van der Waals surface area contributed by atoms with Gasteiger partial charge in [0.2, 0.25) is 0 Å². The van der Waals surface area contributed by atoms with Crippen molar-refractivity contribution >= 4 is 11.6 Å². The van der Waals surface area contributed by atoms with E-state index in [2.05, 4.69) is 19.2 Å². The highest BCUT2D eigenvalue weighted by Gasteiger charge is 2.31. The van der Waals surface area contributed by atoms with E-state index in [-0.39, 0.29) is 29.5 Å². The molecule has 3 nitrogen and oxygen atoms in total. The van der Waals surface area contributed by atoms with Gasteiger partial charge in [0.1, 0.15) is 5.82 Å². The fraction of sp³-hybridized carbons (Fsp3) is 0.533. The lowest BCUT2D eigenvalue weighted by atomic mass is 9.96. The number of anilines is 1. The van der Waals surface area contributed by atoms with Crippen LogP contribution in [0.25, 0.3) is 0 Å². The molecule has 1 aliphatic heterocycles. The first-order valence-electron chi connectivity index (χ1n) is 6.85. The molecular formula is C15H21FN2O. The third-order valence-electron chi connectivity index (χ3n) is 3.92. The number of nitrogens with one attached hydrogen (secondary N) is 1. The first-order chi connectivity index (χ1) is 9.06. The van der Waals surface area contributed by atoms with Gasteiger partial charge in [-0.3, -0.25) is 4.79 Å². The summed E-state index contributed by atoms with van der Waals surface area (Å²) in [5.41, 5.74) is 0.709. The molecule has 2 unspecified atom stereocenters. The molecule has 1 saturated heterocycles. The molecule has 4 heteroatoms. The number of halogens is 1. The molecule has 0 aromatic heterocycles. The predicted octanol–water partition coefficient (Wildman–Crippen LogP) is 3.27. The lowest BCUT2D eigenvalue weighted by molar-refractivity contribution is 0.0511. The standard InChI is InChI=1S/C15H21FN2O/c1-10-6-4-7-11(2)18(10)15(19)12-8-5-9-13(16)14(12)17-3/h5,8-11,17H,4,6-7H2,1-3H3. The molecular weight excluding hydrogens is 243 g/mol. The SMILES string of the molecule is CNc1c(F)cccc1C(=O)N1C(C)CCCC1C. The first-order valence-corrected chi connectivity index (χ1v) is 6.85. The van der Waals surface area contributed by atoms with Crippen molar-refractivity contribution in [1.29, 1.82) is 0 Å². The Morgan fingerprint density at radius 3 is 2.53 bits per heavy atom. The van der Waals surface area contributed by atoms with Gasteiger partial charge in [-0.25, -0.2) is 4.39 Å². The van der Waals surface area contributed by atoms with Crippen LogP contribution >= 0.6 is 0 Å². The van der Waals surface area contributed by atoms with E-state index in [4.69, 9.17) is 0 Å². The second kappa shape index (κ2) is 5.59. The Bertz CT molecular complexity index is 465. The number of para-hydroxylation sites is 1. The number of piperidine rings is 1. The van der Waals surface area contributed by atoms with Crippen molar-refractivity contribution in [2.24, 2.45) is 0 Å². The van der Waals surface area contributed by atoms with Crippen LogP contribution in [0.15, 0.2) is 18.2 Å². The van der Waals surface area contributed by atoms with Crippen molar-refractivity contribution in [3.05, 3.63) is 29.6 Å². The molecule has 1 aliphatic rings. The van der Waals surface area contributed by atoms with Crippen LogP contribution in [0.3, 0.4) is 0 Å².